The van der Waals surface area contributed by atoms with Gasteiger partial charge in [0, 0.05) is 16.1 Å². The predicted molar refractivity (Wildman–Crippen MR) is 107 cm³/mol. The van der Waals surface area contributed by atoms with E-state index in [1.807, 2.05) is 55.5 Å². The first-order valence-electron chi connectivity index (χ1n) is 8.40. The zero-order valence-electron chi connectivity index (χ0n) is 14.8. The van der Waals surface area contributed by atoms with Gasteiger partial charge < -0.3 is 15.8 Å². The number of ether oxygens (including phenoxy) is 1. The number of para-hydroxylation sites is 1. The van der Waals surface area contributed by atoms with Crippen molar-refractivity contribution in [1.29, 1.82) is 0 Å². The Morgan fingerprint density at radius 3 is 2.58 bits per heavy atom. The Bertz CT molecular complexity index is 904. The molecule has 0 aliphatic rings. The Balaban J connectivity index is 1.59. The van der Waals surface area contributed by atoms with Crippen molar-refractivity contribution in [3.8, 4) is 17.0 Å². The number of carbonyl (C=O) groups is 1. The van der Waals surface area contributed by atoms with Crippen LogP contribution in [0, 0.1) is 6.92 Å². The molecule has 0 aliphatic heterocycles. The van der Waals surface area contributed by atoms with Crippen molar-refractivity contribution >= 4 is 28.1 Å². The van der Waals surface area contributed by atoms with Gasteiger partial charge in [-0.15, -0.1) is 11.3 Å². The molecule has 1 aromatic heterocycles. The average Bonchev–Trinajstić information content (AvgIpc) is 2.99. The van der Waals surface area contributed by atoms with Crippen LogP contribution >= 0.6 is 11.3 Å². The summed E-state index contributed by atoms with van der Waals surface area (Å²) < 4.78 is 5.59. The van der Waals surface area contributed by atoms with Crippen molar-refractivity contribution in [1.82, 2.24) is 4.98 Å². The van der Waals surface area contributed by atoms with Gasteiger partial charge in [0.05, 0.1) is 5.69 Å². The molecule has 3 rings (SSSR count). The highest BCUT2D eigenvalue weighted by atomic mass is 32.1. The third kappa shape index (κ3) is 4.21. The molecule has 134 valence electrons. The van der Waals surface area contributed by atoms with Gasteiger partial charge in [0.2, 0.25) is 0 Å². The van der Waals surface area contributed by atoms with E-state index in [0.717, 1.165) is 33.8 Å². The number of aromatic nitrogens is 1. The highest BCUT2D eigenvalue weighted by Gasteiger charge is 2.09. The van der Waals surface area contributed by atoms with Crippen LogP contribution in [0.5, 0.6) is 5.75 Å². The number of nitrogens with zero attached hydrogens (tertiary/aromatic N) is 1. The maximum atomic E-state index is 12.1. The van der Waals surface area contributed by atoms with Crippen LogP contribution < -0.4 is 15.8 Å². The molecular weight excluding hydrogens is 346 g/mol. The van der Waals surface area contributed by atoms with Crippen LogP contribution in [-0.4, -0.2) is 17.5 Å². The lowest BCUT2D eigenvalue weighted by Gasteiger charge is -2.11. The number of rotatable bonds is 6. The van der Waals surface area contributed by atoms with E-state index in [1.54, 1.807) is 0 Å². The zero-order chi connectivity index (χ0) is 18.5. The molecule has 0 saturated carbocycles. The van der Waals surface area contributed by atoms with Crippen LogP contribution in [0.3, 0.4) is 0 Å². The molecule has 0 spiro atoms. The molecule has 0 atom stereocenters. The second-order valence-electron chi connectivity index (χ2n) is 5.83. The third-order valence-corrected chi connectivity index (χ3v) is 4.78. The highest BCUT2D eigenvalue weighted by Crippen LogP contribution is 2.29. The molecule has 1 heterocycles. The number of benzene rings is 2. The fraction of sp³-hybridized carbons (Fsp3) is 0.200. The van der Waals surface area contributed by atoms with Crippen LogP contribution in [0.25, 0.3) is 11.3 Å². The van der Waals surface area contributed by atoms with E-state index in [4.69, 9.17) is 10.5 Å². The Kier molecular flexibility index (Phi) is 5.53. The molecule has 0 radical (unpaired) electrons. The number of hydrogen-bond donors (Lipinski definition) is 2. The average molecular weight is 367 g/mol. The first kappa shape index (κ1) is 17.9. The van der Waals surface area contributed by atoms with Crippen molar-refractivity contribution in [2.75, 3.05) is 17.7 Å². The number of thiazole rings is 1. The molecule has 2 aromatic carbocycles. The van der Waals surface area contributed by atoms with Gasteiger partial charge >= 0.3 is 0 Å². The minimum absolute atomic E-state index is 0.0416. The normalized spacial score (nSPS) is 10.5. The van der Waals surface area contributed by atoms with E-state index in [-0.39, 0.29) is 12.5 Å². The molecule has 5 nitrogen and oxygen atoms in total. The number of hydrogen-bond acceptors (Lipinski definition) is 5. The van der Waals surface area contributed by atoms with E-state index in [1.165, 1.54) is 11.3 Å². The highest BCUT2D eigenvalue weighted by molar-refractivity contribution is 7.15. The number of nitrogens with two attached hydrogens (primary N) is 1. The quantitative estimate of drug-likeness (QED) is 0.682. The maximum absolute atomic E-state index is 12.1. The summed E-state index contributed by atoms with van der Waals surface area (Å²) in [5.41, 5.74) is 9.54. The van der Waals surface area contributed by atoms with Crippen LogP contribution in [0.1, 0.15) is 17.4 Å². The fourth-order valence-electron chi connectivity index (χ4n) is 2.68. The summed E-state index contributed by atoms with van der Waals surface area (Å²) in [6.45, 7) is 4.01. The number of nitrogen functional groups attached to an aromatic ring is 1. The van der Waals surface area contributed by atoms with Gasteiger partial charge in [-0.3, -0.25) is 4.79 Å². The molecule has 0 fully saturated rings. The van der Waals surface area contributed by atoms with Gasteiger partial charge in [0.15, 0.2) is 11.7 Å². The standard InChI is InChI=1S/C20H21N3O2S/c1-3-14-6-4-5-7-17(14)22-18(24)12-25-16-10-8-15(9-11-16)19-13(2)26-20(21)23-19/h4-11H,3,12H2,1-2H3,(H2,21,23)(H,22,24). The molecule has 26 heavy (non-hydrogen) atoms. The molecule has 1 amide bonds. The third-order valence-electron chi connectivity index (χ3n) is 3.98. The van der Waals surface area contributed by atoms with E-state index in [0.29, 0.717) is 10.9 Å². The Morgan fingerprint density at radius 2 is 1.92 bits per heavy atom. The lowest BCUT2D eigenvalue weighted by molar-refractivity contribution is -0.118. The van der Waals surface area contributed by atoms with E-state index < -0.39 is 0 Å². The first-order chi connectivity index (χ1) is 12.6. The van der Waals surface area contributed by atoms with E-state index in [2.05, 4.69) is 17.2 Å². The number of amides is 1. The summed E-state index contributed by atoms with van der Waals surface area (Å²) in [4.78, 5) is 17.5. The van der Waals surface area contributed by atoms with E-state index >= 15 is 0 Å². The number of anilines is 2. The second-order valence-corrected chi connectivity index (χ2v) is 7.06. The van der Waals surface area contributed by atoms with Gasteiger partial charge in [0.1, 0.15) is 5.75 Å². The summed E-state index contributed by atoms with van der Waals surface area (Å²) in [6, 6.07) is 15.3. The predicted octanol–water partition coefficient (Wildman–Crippen LogP) is 4.28. The molecule has 3 aromatic rings. The molecule has 0 aliphatic carbocycles. The minimum Gasteiger partial charge on any atom is -0.484 e. The van der Waals surface area contributed by atoms with Crippen LogP contribution in [0.2, 0.25) is 0 Å². The van der Waals surface area contributed by atoms with Crippen molar-refractivity contribution in [3.63, 3.8) is 0 Å². The molecule has 3 N–H and O–H groups in total. The first-order valence-corrected chi connectivity index (χ1v) is 9.22. The summed E-state index contributed by atoms with van der Waals surface area (Å²) in [7, 11) is 0. The van der Waals surface area contributed by atoms with Crippen LogP contribution in [0.4, 0.5) is 10.8 Å². The topological polar surface area (TPSA) is 77.2 Å². The second kappa shape index (κ2) is 8.01. The molecule has 0 bridgehead atoms. The molecular formula is C20H21N3O2S. The fourth-order valence-corrected chi connectivity index (χ4v) is 3.39. The smallest absolute Gasteiger partial charge is 0.262 e. The SMILES string of the molecule is CCc1ccccc1NC(=O)COc1ccc(-c2nc(N)sc2C)cc1. The van der Waals surface area contributed by atoms with Crippen molar-refractivity contribution in [3.05, 3.63) is 59.0 Å². The van der Waals surface area contributed by atoms with Gasteiger partial charge in [0.25, 0.3) is 5.91 Å². The van der Waals surface area contributed by atoms with E-state index in [9.17, 15) is 4.79 Å². The zero-order valence-corrected chi connectivity index (χ0v) is 15.6. The van der Waals surface area contributed by atoms with Gasteiger partial charge in [-0.1, -0.05) is 25.1 Å². The number of nitrogens with one attached hydrogen (secondary N) is 1. The van der Waals surface area contributed by atoms with Gasteiger partial charge in [-0.2, -0.15) is 0 Å². The lowest BCUT2D eigenvalue weighted by Crippen LogP contribution is -2.20. The Morgan fingerprint density at radius 1 is 1.19 bits per heavy atom. The van der Waals surface area contributed by atoms with Crippen molar-refractivity contribution in [2.24, 2.45) is 0 Å². The summed E-state index contributed by atoms with van der Waals surface area (Å²) in [5, 5.41) is 3.45. The Labute approximate surface area is 156 Å². The lowest BCUT2D eigenvalue weighted by atomic mass is 10.1. The van der Waals surface area contributed by atoms with Gasteiger partial charge in [-0.05, 0) is 49.2 Å². The van der Waals surface area contributed by atoms with Crippen molar-refractivity contribution in [2.45, 2.75) is 20.3 Å². The maximum Gasteiger partial charge on any atom is 0.262 e. The summed E-state index contributed by atoms with van der Waals surface area (Å²) >= 11 is 1.47. The summed E-state index contributed by atoms with van der Waals surface area (Å²) in [5.74, 6) is 0.451. The molecule has 0 unspecified atom stereocenters. The molecule has 0 saturated heterocycles. The Hall–Kier alpha value is -2.86. The van der Waals surface area contributed by atoms with Crippen molar-refractivity contribution < 1.29 is 9.53 Å². The summed E-state index contributed by atoms with van der Waals surface area (Å²) in [6.07, 6.45) is 0.860. The molecule has 6 heteroatoms. The van der Waals surface area contributed by atoms with Gasteiger partial charge in [-0.25, -0.2) is 4.98 Å². The van der Waals surface area contributed by atoms with Crippen LogP contribution in [-0.2, 0) is 11.2 Å². The number of carbonyl (C=O) groups excluding carboxylic acids is 1. The number of aryl methyl sites for hydroxylation is 2. The van der Waals surface area contributed by atoms with Crippen LogP contribution in [0.15, 0.2) is 48.5 Å². The minimum atomic E-state index is -0.182. The largest absolute Gasteiger partial charge is 0.484 e. The monoisotopic (exact) mass is 367 g/mol.